The summed E-state index contributed by atoms with van der Waals surface area (Å²) >= 11 is 1.27. The van der Waals surface area contributed by atoms with Crippen LogP contribution in [-0.2, 0) is 4.79 Å². The highest BCUT2D eigenvalue weighted by Crippen LogP contribution is 2.20. The predicted octanol–water partition coefficient (Wildman–Crippen LogP) is 2.89. The molecule has 0 atom stereocenters. The molecule has 0 bridgehead atoms. The number of anilines is 4. The van der Waals surface area contributed by atoms with Crippen molar-refractivity contribution in [3.63, 3.8) is 0 Å². The van der Waals surface area contributed by atoms with E-state index in [0.29, 0.717) is 22.5 Å². The Morgan fingerprint density at radius 1 is 1.04 bits per heavy atom. The highest BCUT2D eigenvalue weighted by atomic mass is 32.1. The van der Waals surface area contributed by atoms with Gasteiger partial charge in [-0.1, -0.05) is 6.07 Å². The van der Waals surface area contributed by atoms with E-state index in [9.17, 15) is 9.59 Å². The Morgan fingerprint density at radius 3 is 2.48 bits per heavy atom. The zero-order chi connectivity index (χ0) is 17.6. The number of hydrogen-bond acceptors (Lipinski definition) is 7. The summed E-state index contributed by atoms with van der Waals surface area (Å²) in [5.41, 5.74) is 1.44. The summed E-state index contributed by atoms with van der Waals surface area (Å²) in [6.45, 7) is 1.42. The topological polar surface area (TPSA) is 109 Å². The number of carbonyl (C=O) groups is 2. The minimum atomic E-state index is -0.349. The van der Waals surface area contributed by atoms with Gasteiger partial charge in [0.1, 0.15) is 5.69 Å². The third-order valence-electron chi connectivity index (χ3n) is 2.96. The number of amides is 2. The molecule has 3 aromatic rings. The Morgan fingerprint density at radius 2 is 1.76 bits per heavy atom. The van der Waals surface area contributed by atoms with Crippen molar-refractivity contribution < 1.29 is 9.59 Å². The summed E-state index contributed by atoms with van der Waals surface area (Å²) in [7, 11) is 0. The van der Waals surface area contributed by atoms with Crippen LogP contribution >= 0.6 is 11.3 Å². The minimum absolute atomic E-state index is 0.179. The van der Waals surface area contributed by atoms with E-state index in [-0.39, 0.29) is 17.5 Å². The van der Waals surface area contributed by atoms with Crippen molar-refractivity contribution in [3.8, 4) is 0 Å². The fourth-order valence-electron chi connectivity index (χ4n) is 1.97. The zero-order valence-electron chi connectivity index (χ0n) is 13.2. The van der Waals surface area contributed by atoms with Crippen molar-refractivity contribution in [2.45, 2.75) is 6.92 Å². The Hall–Kier alpha value is -3.33. The average Bonchev–Trinajstić information content (AvgIpc) is 3.04. The second-order valence-electron chi connectivity index (χ2n) is 4.95. The summed E-state index contributed by atoms with van der Waals surface area (Å²) in [5, 5.41) is 10.5. The van der Waals surface area contributed by atoms with Gasteiger partial charge in [0, 0.05) is 36.1 Å². The second-order valence-corrected chi connectivity index (χ2v) is 5.81. The predicted molar refractivity (Wildman–Crippen MR) is 96.1 cm³/mol. The number of thiazole rings is 1. The number of nitrogens with one attached hydrogen (secondary N) is 3. The molecule has 126 valence electrons. The lowest BCUT2D eigenvalue weighted by molar-refractivity contribution is -0.114. The Bertz CT molecular complexity index is 896. The monoisotopic (exact) mass is 354 g/mol. The normalized spacial score (nSPS) is 10.1. The summed E-state index contributed by atoms with van der Waals surface area (Å²) < 4.78 is 0. The fraction of sp³-hybridized carbons (Fsp3) is 0.0625. The number of aromatic nitrogens is 3. The van der Waals surface area contributed by atoms with Gasteiger partial charge in [-0.15, -0.1) is 11.3 Å². The molecule has 25 heavy (non-hydrogen) atoms. The summed E-state index contributed by atoms with van der Waals surface area (Å²) in [5.74, 6) is -0.119. The van der Waals surface area contributed by atoms with Crippen LogP contribution in [0.15, 0.2) is 48.1 Å². The molecule has 9 heteroatoms. The van der Waals surface area contributed by atoms with Gasteiger partial charge in [-0.2, -0.15) is 0 Å². The van der Waals surface area contributed by atoms with Crippen molar-refractivity contribution in [2.75, 3.05) is 16.0 Å². The molecule has 1 aromatic carbocycles. The maximum absolute atomic E-state index is 12.3. The third kappa shape index (κ3) is 4.58. The van der Waals surface area contributed by atoms with Crippen LogP contribution in [-0.4, -0.2) is 26.8 Å². The van der Waals surface area contributed by atoms with E-state index in [4.69, 9.17) is 0 Å². The molecule has 0 saturated carbocycles. The van der Waals surface area contributed by atoms with Crippen molar-refractivity contribution in [1.82, 2.24) is 15.0 Å². The van der Waals surface area contributed by atoms with Gasteiger partial charge in [0.2, 0.25) is 11.9 Å². The van der Waals surface area contributed by atoms with Gasteiger partial charge in [-0.3, -0.25) is 9.59 Å². The molecule has 0 aliphatic heterocycles. The lowest BCUT2D eigenvalue weighted by Crippen LogP contribution is -2.13. The fourth-order valence-corrected chi connectivity index (χ4v) is 2.65. The van der Waals surface area contributed by atoms with Crippen LogP contribution in [0.2, 0.25) is 0 Å². The third-order valence-corrected chi connectivity index (χ3v) is 3.72. The van der Waals surface area contributed by atoms with E-state index >= 15 is 0 Å². The number of nitrogens with zero attached hydrogens (tertiary/aromatic N) is 3. The molecule has 3 N–H and O–H groups in total. The Balaban J connectivity index is 1.67. The van der Waals surface area contributed by atoms with Crippen LogP contribution in [0.25, 0.3) is 0 Å². The maximum Gasteiger partial charge on any atom is 0.275 e. The number of hydrogen-bond donors (Lipinski definition) is 3. The maximum atomic E-state index is 12.3. The molecule has 0 saturated heterocycles. The Labute approximate surface area is 147 Å². The van der Waals surface area contributed by atoms with E-state index in [1.807, 2.05) is 0 Å². The highest BCUT2D eigenvalue weighted by molar-refractivity contribution is 7.14. The molecule has 2 amide bonds. The molecule has 0 radical (unpaired) electrons. The van der Waals surface area contributed by atoms with Gasteiger partial charge in [0.15, 0.2) is 5.13 Å². The van der Waals surface area contributed by atoms with Crippen molar-refractivity contribution >= 4 is 45.6 Å². The summed E-state index contributed by atoms with van der Waals surface area (Å²) in [6.07, 6.45) is 3.22. The zero-order valence-corrected chi connectivity index (χ0v) is 14.0. The van der Waals surface area contributed by atoms with Crippen molar-refractivity contribution in [3.05, 3.63) is 53.8 Å². The van der Waals surface area contributed by atoms with E-state index in [1.54, 1.807) is 48.1 Å². The first kappa shape index (κ1) is 16.5. The summed E-state index contributed by atoms with van der Waals surface area (Å²) in [4.78, 5) is 35.7. The van der Waals surface area contributed by atoms with Crippen LogP contribution in [0.3, 0.4) is 0 Å². The molecule has 0 spiro atoms. The van der Waals surface area contributed by atoms with Crippen LogP contribution in [0, 0.1) is 0 Å². The first-order valence-electron chi connectivity index (χ1n) is 7.29. The molecule has 2 aromatic heterocycles. The first-order chi connectivity index (χ1) is 12.1. The smallest absolute Gasteiger partial charge is 0.275 e. The molecular formula is C16H14N6O2S. The van der Waals surface area contributed by atoms with Gasteiger partial charge >= 0.3 is 0 Å². The lowest BCUT2D eigenvalue weighted by Gasteiger charge is -2.06. The van der Waals surface area contributed by atoms with E-state index < -0.39 is 0 Å². The summed E-state index contributed by atoms with van der Waals surface area (Å²) in [6, 6.07) is 8.58. The first-order valence-corrected chi connectivity index (χ1v) is 8.17. The van der Waals surface area contributed by atoms with E-state index in [2.05, 4.69) is 30.9 Å². The molecule has 3 rings (SSSR count). The molecular weight excluding hydrogens is 340 g/mol. The van der Waals surface area contributed by atoms with Gasteiger partial charge in [0.25, 0.3) is 5.91 Å². The van der Waals surface area contributed by atoms with Crippen LogP contribution in [0.5, 0.6) is 0 Å². The number of carbonyl (C=O) groups excluding carboxylic acids is 2. The van der Waals surface area contributed by atoms with Crippen LogP contribution in [0.1, 0.15) is 17.4 Å². The van der Waals surface area contributed by atoms with E-state index in [1.165, 1.54) is 18.3 Å². The SMILES string of the molecule is CC(=O)Nc1cccc(NC(=O)c2csc(Nc3ncccn3)n2)c1. The molecule has 2 heterocycles. The molecule has 0 aliphatic carbocycles. The quantitative estimate of drug-likeness (QED) is 0.650. The van der Waals surface area contributed by atoms with E-state index in [0.717, 1.165) is 0 Å². The van der Waals surface area contributed by atoms with Crippen LogP contribution < -0.4 is 16.0 Å². The standard InChI is InChI=1S/C16H14N6O2S/c1-10(23)19-11-4-2-5-12(8-11)20-14(24)13-9-25-16(21-13)22-15-17-6-3-7-18-15/h2-9H,1H3,(H,19,23)(H,20,24)(H,17,18,21,22). The number of rotatable bonds is 5. The van der Waals surface area contributed by atoms with Crippen LogP contribution in [0.4, 0.5) is 22.5 Å². The van der Waals surface area contributed by atoms with Gasteiger partial charge in [-0.05, 0) is 24.3 Å². The largest absolute Gasteiger partial charge is 0.326 e. The highest BCUT2D eigenvalue weighted by Gasteiger charge is 2.12. The minimum Gasteiger partial charge on any atom is -0.326 e. The average molecular weight is 354 g/mol. The Kier molecular flexibility index (Phi) is 4.95. The second kappa shape index (κ2) is 7.49. The molecule has 8 nitrogen and oxygen atoms in total. The lowest BCUT2D eigenvalue weighted by atomic mass is 10.2. The van der Waals surface area contributed by atoms with Crippen molar-refractivity contribution in [2.24, 2.45) is 0 Å². The molecule has 0 fully saturated rings. The molecule has 0 unspecified atom stereocenters. The van der Waals surface area contributed by atoms with Gasteiger partial charge < -0.3 is 16.0 Å². The molecule has 0 aliphatic rings. The van der Waals surface area contributed by atoms with Gasteiger partial charge in [0.05, 0.1) is 0 Å². The van der Waals surface area contributed by atoms with Crippen molar-refractivity contribution in [1.29, 1.82) is 0 Å². The number of benzene rings is 1. The van der Waals surface area contributed by atoms with Gasteiger partial charge in [-0.25, -0.2) is 15.0 Å².